The normalized spacial score (nSPS) is 14.8. The molecule has 6 nitrogen and oxygen atoms in total. The lowest BCUT2D eigenvalue weighted by atomic mass is 10.0. The molecule has 0 bridgehead atoms. The number of aromatic nitrogens is 3. The number of halogens is 2. The predicted molar refractivity (Wildman–Crippen MR) is 127 cm³/mol. The van der Waals surface area contributed by atoms with E-state index in [0.29, 0.717) is 11.0 Å². The van der Waals surface area contributed by atoms with Gasteiger partial charge in [0.15, 0.2) is 0 Å². The first kappa shape index (κ1) is 20.9. The van der Waals surface area contributed by atoms with Crippen LogP contribution < -0.4 is 10.6 Å². The molecular weight excluding hydrogens is 441 g/mol. The summed E-state index contributed by atoms with van der Waals surface area (Å²) in [5.74, 6) is -0.755. The number of aryl methyl sites for hydroxylation is 1. The van der Waals surface area contributed by atoms with E-state index in [2.05, 4.69) is 20.7 Å². The van der Waals surface area contributed by atoms with Crippen molar-refractivity contribution in [1.82, 2.24) is 14.8 Å². The summed E-state index contributed by atoms with van der Waals surface area (Å²) in [6, 6.07) is 21.0. The number of allylic oxidation sites excluding steroid dienone is 1. The van der Waals surface area contributed by atoms with Gasteiger partial charge in [0.1, 0.15) is 11.9 Å². The monoisotopic (exact) mass is 459 g/mol. The maximum atomic E-state index is 14.0. The quantitative estimate of drug-likeness (QED) is 0.411. The van der Waals surface area contributed by atoms with Gasteiger partial charge >= 0.3 is 0 Å². The van der Waals surface area contributed by atoms with Gasteiger partial charge in [-0.05, 0) is 42.3 Å². The van der Waals surface area contributed by atoms with Crippen molar-refractivity contribution in [2.45, 2.75) is 13.0 Å². The first-order chi connectivity index (χ1) is 16.0. The van der Waals surface area contributed by atoms with Gasteiger partial charge in [0, 0.05) is 10.7 Å². The highest BCUT2D eigenvalue weighted by Crippen LogP contribution is 2.36. The molecule has 2 heterocycles. The predicted octanol–water partition coefficient (Wildman–Crippen LogP) is 5.69. The Labute approximate surface area is 194 Å². The second-order valence-corrected chi connectivity index (χ2v) is 8.08. The minimum absolute atomic E-state index is 0.0568. The second kappa shape index (κ2) is 8.52. The molecule has 0 radical (unpaired) electrons. The summed E-state index contributed by atoms with van der Waals surface area (Å²) in [6.45, 7) is 2.03. The molecule has 0 saturated heterocycles. The van der Waals surface area contributed by atoms with Gasteiger partial charge in [-0.1, -0.05) is 71.8 Å². The lowest BCUT2D eigenvalue weighted by Crippen LogP contribution is -2.20. The third-order valence-electron chi connectivity index (χ3n) is 5.40. The molecule has 1 aliphatic heterocycles. The minimum atomic E-state index is -0.628. The van der Waals surface area contributed by atoms with Crippen molar-refractivity contribution in [2.75, 3.05) is 10.6 Å². The maximum Gasteiger partial charge on any atom is 0.261 e. The number of carbonyl (C=O) groups is 1. The lowest BCUT2D eigenvalue weighted by molar-refractivity contribution is 0.102. The molecule has 2 N–H and O–H groups in total. The highest BCUT2D eigenvalue weighted by Gasteiger charge is 2.27. The Kier molecular flexibility index (Phi) is 5.40. The molecule has 1 amide bonds. The van der Waals surface area contributed by atoms with Crippen molar-refractivity contribution in [3.63, 3.8) is 0 Å². The van der Waals surface area contributed by atoms with Crippen LogP contribution in [-0.2, 0) is 0 Å². The van der Waals surface area contributed by atoms with Crippen LogP contribution in [0.3, 0.4) is 0 Å². The first-order valence-electron chi connectivity index (χ1n) is 10.3. The van der Waals surface area contributed by atoms with Crippen LogP contribution in [0, 0.1) is 12.7 Å². The Morgan fingerprint density at radius 2 is 1.79 bits per heavy atom. The molecule has 5 rings (SSSR count). The van der Waals surface area contributed by atoms with E-state index < -0.39 is 11.7 Å². The van der Waals surface area contributed by atoms with Gasteiger partial charge in [-0.3, -0.25) is 10.1 Å². The van der Waals surface area contributed by atoms with Crippen LogP contribution in [0.2, 0.25) is 5.02 Å². The van der Waals surface area contributed by atoms with E-state index in [0.717, 1.165) is 22.4 Å². The number of benzene rings is 3. The zero-order valence-corrected chi connectivity index (χ0v) is 18.3. The molecule has 0 aliphatic carbocycles. The van der Waals surface area contributed by atoms with Crippen LogP contribution in [0.15, 0.2) is 78.9 Å². The van der Waals surface area contributed by atoms with E-state index in [9.17, 15) is 9.18 Å². The van der Waals surface area contributed by atoms with Crippen LogP contribution in [-0.4, -0.2) is 20.7 Å². The molecule has 3 aromatic carbocycles. The second-order valence-electron chi connectivity index (χ2n) is 7.68. The summed E-state index contributed by atoms with van der Waals surface area (Å²) in [4.78, 5) is 17.0. The summed E-state index contributed by atoms with van der Waals surface area (Å²) >= 11 is 6.50. The number of rotatable bonds is 4. The minimum Gasteiger partial charge on any atom is -0.324 e. The molecule has 33 heavy (non-hydrogen) atoms. The number of carbonyl (C=O) groups excluding carboxylic acids is 1. The molecule has 0 spiro atoms. The van der Waals surface area contributed by atoms with Gasteiger partial charge in [0.05, 0.1) is 5.56 Å². The molecule has 1 atom stereocenters. The fourth-order valence-electron chi connectivity index (χ4n) is 3.70. The number of amides is 1. The van der Waals surface area contributed by atoms with Crippen molar-refractivity contribution in [1.29, 1.82) is 0 Å². The smallest absolute Gasteiger partial charge is 0.261 e. The average molecular weight is 460 g/mol. The van der Waals surface area contributed by atoms with Crippen molar-refractivity contribution < 1.29 is 9.18 Å². The van der Waals surface area contributed by atoms with Crippen LogP contribution >= 0.6 is 11.6 Å². The summed E-state index contributed by atoms with van der Waals surface area (Å²) in [7, 11) is 0. The number of anilines is 2. The molecule has 164 valence electrons. The Balaban J connectivity index is 1.53. The maximum absolute atomic E-state index is 14.0. The van der Waals surface area contributed by atoms with E-state index in [1.165, 1.54) is 18.2 Å². The van der Waals surface area contributed by atoms with E-state index in [1.54, 1.807) is 10.7 Å². The Bertz CT molecular complexity index is 1380. The van der Waals surface area contributed by atoms with Crippen LogP contribution in [0.4, 0.5) is 16.3 Å². The summed E-state index contributed by atoms with van der Waals surface area (Å²) in [6.07, 6.45) is 2.01. The topological polar surface area (TPSA) is 71.8 Å². The van der Waals surface area contributed by atoms with Gasteiger partial charge in [0.2, 0.25) is 5.95 Å². The molecular formula is C25H19ClFN5O. The molecule has 0 fully saturated rings. The highest BCUT2D eigenvalue weighted by molar-refractivity contribution is 6.31. The molecule has 0 unspecified atom stereocenters. The molecule has 4 aromatic rings. The Morgan fingerprint density at radius 1 is 1.06 bits per heavy atom. The lowest BCUT2D eigenvalue weighted by Gasteiger charge is -2.25. The third kappa shape index (κ3) is 4.10. The first-order valence-corrected chi connectivity index (χ1v) is 10.7. The van der Waals surface area contributed by atoms with Gasteiger partial charge < -0.3 is 5.32 Å². The van der Waals surface area contributed by atoms with Crippen molar-refractivity contribution >= 4 is 35.1 Å². The van der Waals surface area contributed by atoms with Crippen molar-refractivity contribution in [3.05, 3.63) is 112 Å². The zero-order valence-electron chi connectivity index (χ0n) is 17.6. The third-order valence-corrected chi connectivity index (χ3v) is 5.74. The standard InChI is InChI=1S/C25H19ClFN5O/c1-15-10-12-16(13-11-15)21-14-22(17-6-2-4-8-19(17)26)32-25(28-21)30-24(31-32)29-23(33)18-7-3-5-9-20(18)27/h2-14,22H,1H3,(H2,28,29,30,31,33)/t22-/m1/s1. The molecule has 1 aromatic heterocycles. The Morgan fingerprint density at radius 3 is 2.55 bits per heavy atom. The average Bonchev–Trinajstić information content (AvgIpc) is 3.22. The van der Waals surface area contributed by atoms with Crippen LogP contribution in [0.5, 0.6) is 0 Å². The van der Waals surface area contributed by atoms with Gasteiger partial charge in [-0.2, -0.15) is 4.98 Å². The van der Waals surface area contributed by atoms with Gasteiger partial charge in [-0.15, -0.1) is 5.10 Å². The van der Waals surface area contributed by atoms with E-state index in [1.807, 2.05) is 61.5 Å². The molecule has 1 aliphatic rings. The fraction of sp³-hybridized carbons (Fsp3) is 0.0800. The molecule has 8 heteroatoms. The van der Waals surface area contributed by atoms with E-state index in [-0.39, 0.29) is 17.6 Å². The van der Waals surface area contributed by atoms with Crippen molar-refractivity contribution in [3.8, 4) is 0 Å². The zero-order chi connectivity index (χ0) is 22.9. The fourth-order valence-corrected chi connectivity index (χ4v) is 3.95. The van der Waals surface area contributed by atoms with E-state index in [4.69, 9.17) is 11.6 Å². The number of nitrogens with one attached hydrogen (secondary N) is 2. The van der Waals surface area contributed by atoms with Crippen LogP contribution in [0.1, 0.15) is 33.1 Å². The number of nitrogens with zero attached hydrogens (tertiary/aromatic N) is 3. The van der Waals surface area contributed by atoms with Gasteiger partial charge in [-0.25, -0.2) is 9.07 Å². The summed E-state index contributed by atoms with van der Waals surface area (Å²) in [5, 5.41) is 10.9. The van der Waals surface area contributed by atoms with Crippen molar-refractivity contribution in [2.24, 2.45) is 0 Å². The highest BCUT2D eigenvalue weighted by atomic mass is 35.5. The van der Waals surface area contributed by atoms with Crippen LogP contribution in [0.25, 0.3) is 5.70 Å². The number of fused-ring (bicyclic) bond motifs is 1. The number of hydrogen-bond acceptors (Lipinski definition) is 4. The summed E-state index contributed by atoms with van der Waals surface area (Å²) < 4.78 is 15.7. The summed E-state index contributed by atoms with van der Waals surface area (Å²) in [5.41, 5.74) is 3.72. The molecule has 0 saturated carbocycles. The largest absolute Gasteiger partial charge is 0.324 e. The van der Waals surface area contributed by atoms with E-state index >= 15 is 0 Å². The van der Waals surface area contributed by atoms with Gasteiger partial charge in [0.25, 0.3) is 11.9 Å². The number of hydrogen-bond donors (Lipinski definition) is 2. The Hall–Kier alpha value is -3.97. The SMILES string of the molecule is Cc1ccc(C2=C[C@H](c3ccccc3Cl)n3nc(NC(=O)c4ccccc4F)nc3N2)cc1.